The first-order chi connectivity index (χ1) is 12.7. The second-order valence-corrected chi connectivity index (χ2v) is 7.12. The molecular formula is C20H31N3O3. The molecule has 0 aliphatic carbocycles. The molecule has 6 heteroatoms. The van der Waals surface area contributed by atoms with E-state index in [4.69, 9.17) is 14.5 Å². The van der Waals surface area contributed by atoms with E-state index in [-0.39, 0.29) is 6.10 Å². The molecule has 0 aromatic heterocycles. The van der Waals surface area contributed by atoms with Crippen molar-refractivity contribution in [3.05, 3.63) is 30.3 Å². The first-order valence-electron chi connectivity index (χ1n) is 9.74. The molecule has 2 heterocycles. The van der Waals surface area contributed by atoms with Gasteiger partial charge in [-0.2, -0.15) is 0 Å². The lowest BCUT2D eigenvalue weighted by molar-refractivity contribution is -0.0567. The maximum absolute atomic E-state index is 10.6. The van der Waals surface area contributed by atoms with Crippen molar-refractivity contribution in [2.24, 2.45) is 4.99 Å². The third kappa shape index (κ3) is 5.35. The zero-order valence-corrected chi connectivity index (χ0v) is 15.7. The van der Waals surface area contributed by atoms with E-state index in [2.05, 4.69) is 17.1 Å². The molecule has 0 bridgehead atoms. The van der Waals surface area contributed by atoms with Gasteiger partial charge in [0.2, 0.25) is 0 Å². The molecule has 0 unspecified atom stereocenters. The van der Waals surface area contributed by atoms with Crippen LogP contribution in [-0.2, 0) is 4.74 Å². The number of rotatable bonds is 5. The molecule has 0 atom stereocenters. The largest absolute Gasteiger partial charge is 0.490 e. The highest BCUT2D eigenvalue weighted by atomic mass is 16.5. The third-order valence-electron chi connectivity index (χ3n) is 5.07. The van der Waals surface area contributed by atoms with E-state index in [1.165, 1.54) is 0 Å². The molecular weight excluding hydrogens is 330 g/mol. The molecule has 0 saturated carbocycles. The Balaban J connectivity index is 1.53. The quantitative estimate of drug-likeness (QED) is 0.621. The highest BCUT2D eigenvalue weighted by molar-refractivity contribution is 5.80. The number of piperidine rings is 1. The average Bonchev–Trinajstić information content (AvgIpc) is 2.67. The molecule has 1 aromatic carbocycles. The number of aliphatic hydroxyl groups is 1. The fourth-order valence-electron chi connectivity index (χ4n) is 3.43. The van der Waals surface area contributed by atoms with Crippen LogP contribution < -0.4 is 10.1 Å². The zero-order chi connectivity index (χ0) is 18.2. The van der Waals surface area contributed by atoms with Crippen LogP contribution in [0.1, 0.15) is 32.6 Å². The standard InChI is InChI=1S/C20H31N3O3/c1-2-21-19(22-16-20(24)10-14-25-15-11-20)23-12-8-18(9-13-23)26-17-6-4-3-5-7-17/h3-7,18,24H,2,8-16H2,1H3,(H,21,22). The molecule has 2 fully saturated rings. The number of benzene rings is 1. The number of hydrogen-bond donors (Lipinski definition) is 2. The molecule has 0 amide bonds. The molecule has 0 radical (unpaired) electrons. The van der Waals surface area contributed by atoms with E-state index < -0.39 is 5.60 Å². The number of nitrogens with one attached hydrogen (secondary N) is 1. The van der Waals surface area contributed by atoms with E-state index in [0.29, 0.717) is 32.6 Å². The second-order valence-electron chi connectivity index (χ2n) is 7.12. The number of likely N-dealkylation sites (tertiary alicyclic amines) is 1. The Kier molecular flexibility index (Phi) is 6.74. The molecule has 1 aromatic rings. The predicted molar refractivity (Wildman–Crippen MR) is 103 cm³/mol. The van der Waals surface area contributed by atoms with Crippen molar-refractivity contribution in [1.82, 2.24) is 10.2 Å². The number of aliphatic imine (C=N–C) groups is 1. The molecule has 144 valence electrons. The Morgan fingerprint density at radius 2 is 1.96 bits per heavy atom. The van der Waals surface area contributed by atoms with Gasteiger partial charge >= 0.3 is 0 Å². The van der Waals surface area contributed by atoms with Crippen LogP contribution >= 0.6 is 0 Å². The lowest BCUT2D eigenvalue weighted by atomic mass is 9.95. The Hall–Kier alpha value is -1.79. The Morgan fingerprint density at radius 1 is 1.27 bits per heavy atom. The minimum Gasteiger partial charge on any atom is -0.490 e. The van der Waals surface area contributed by atoms with Crippen molar-refractivity contribution < 1.29 is 14.6 Å². The normalized spacial score (nSPS) is 21.5. The van der Waals surface area contributed by atoms with Gasteiger partial charge in [-0.25, -0.2) is 0 Å². The van der Waals surface area contributed by atoms with Crippen LogP contribution in [0.5, 0.6) is 5.75 Å². The highest BCUT2D eigenvalue weighted by Crippen LogP contribution is 2.22. The Morgan fingerprint density at radius 3 is 2.62 bits per heavy atom. The zero-order valence-electron chi connectivity index (χ0n) is 15.7. The summed E-state index contributed by atoms with van der Waals surface area (Å²) in [4.78, 5) is 7.00. The maximum Gasteiger partial charge on any atom is 0.194 e. The van der Waals surface area contributed by atoms with Crippen LogP contribution in [0.4, 0.5) is 0 Å². The van der Waals surface area contributed by atoms with Crippen LogP contribution in [-0.4, -0.2) is 67.1 Å². The molecule has 2 N–H and O–H groups in total. The average molecular weight is 361 g/mol. The van der Waals surface area contributed by atoms with Gasteiger partial charge in [0.15, 0.2) is 5.96 Å². The molecule has 2 saturated heterocycles. The van der Waals surface area contributed by atoms with Crippen LogP contribution in [0.3, 0.4) is 0 Å². The number of hydrogen-bond acceptors (Lipinski definition) is 4. The van der Waals surface area contributed by atoms with Crippen LogP contribution in [0.25, 0.3) is 0 Å². The van der Waals surface area contributed by atoms with Gasteiger partial charge in [-0.1, -0.05) is 18.2 Å². The minimum atomic E-state index is -0.729. The Labute approximate surface area is 156 Å². The summed E-state index contributed by atoms with van der Waals surface area (Å²) >= 11 is 0. The summed E-state index contributed by atoms with van der Waals surface area (Å²) in [6.07, 6.45) is 3.50. The number of ether oxygens (including phenoxy) is 2. The van der Waals surface area contributed by atoms with E-state index in [1.807, 2.05) is 30.3 Å². The third-order valence-corrected chi connectivity index (χ3v) is 5.07. The fraction of sp³-hybridized carbons (Fsp3) is 0.650. The van der Waals surface area contributed by atoms with Gasteiger partial charge in [0.05, 0.1) is 12.1 Å². The van der Waals surface area contributed by atoms with Gasteiger partial charge in [-0.05, 0) is 19.1 Å². The molecule has 2 aliphatic rings. The molecule has 6 nitrogen and oxygen atoms in total. The molecule has 3 rings (SSSR count). The smallest absolute Gasteiger partial charge is 0.194 e. The van der Waals surface area contributed by atoms with E-state index in [1.54, 1.807) is 0 Å². The summed E-state index contributed by atoms with van der Waals surface area (Å²) in [7, 11) is 0. The highest BCUT2D eigenvalue weighted by Gasteiger charge is 2.30. The van der Waals surface area contributed by atoms with Crippen molar-refractivity contribution in [1.29, 1.82) is 0 Å². The predicted octanol–water partition coefficient (Wildman–Crippen LogP) is 2.04. The number of guanidine groups is 1. The molecule has 2 aliphatic heterocycles. The SMILES string of the molecule is CCNC(=NCC1(O)CCOCC1)N1CCC(Oc2ccccc2)CC1. The summed E-state index contributed by atoms with van der Waals surface area (Å²) in [6, 6.07) is 10.0. The van der Waals surface area contributed by atoms with Crippen LogP contribution in [0.15, 0.2) is 35.3 Å². The first kappa shape index (κ1) is 19.0. The van der Waals surface area contributed by atoms with Gasteiger partial charge in [-0.15, -0.1) is 0 Å². The van der Waals surface area contributed by atoms with Crippen molar-refractivity contribution >= 4 is 5.96 Å². The molecule has 26 heavy (non-hydrogen) atoms. The van der Waals surface area contributed by atoms with Crippen molar-refractivity contribution in [2.75, 3.05) is 39.4 Å². The summed E-state index contributed by atoms with van der Waals surface area (Å²) in [5.41, 5.74) is -0.729. The first-order valence-corrected chi connectivity index (χ1v) is 9.74. The van der Waals surface area contributed by atoms with E-state index in [0.717, 1.165) is 44.2 Å². The summed E-state index contributed by atoms with van der Waals surface area (Å²) < 4.78 is 11.4. The van der Waals surface area contributed by atoms with E-state index >= 15 is 0 Å². The van der Waals surface area contributed by atoms with Crippen molar-refractivity contribution in [3.63, 3.8) is 0 Å². The summed E-state index contributed by atoms with van der Waals surface area (Å²) in [5.74, 6) is 1.83. The Bertz CT molecular complexity index is 565. The number of nitrogens with zero attached hydrogens (tertiary/aromatic N) is 2. The topological polar surface area (TPSA) is 66.3 Å². The lowest BCUT2D eigenvalue weighted by Crippen LogP contribution is -2.48. The van der Waals surface area contributed by atoms with Gasteiger partial charge < -0.3 is 24.8 Å². The van der Waals surface area contributed by atoms with Gasteiger partial charge in [0, 0.05) is 58.5 Å². The molecule has 0 spiro atoms. The van der Waals surface area contributed by atoms with Crippen molar-refractivity contribution in [3.8, 4) is 5.75 Å². The second kappa shape index (κ2) is 9.24. The van der Waals surface area contributed by atoms with Crippen LogP contribution in [0.2, 0.25) is 0 Å². The monoisotopic (exact) mass is 361 g/mol. The van der Waals surface area contributed by atoms with Crippen LogP contribution in [0, 0.1) is 0 Å². The minimum absolute atomic E-state index is 0.246. The van der Waals surface area contributed by atoms with Gasteiger partial charge in [0.25, 0.3) is 0 Å². The summed E-state index contributed by atoms with van der Waals surface area (Å²) in [5, 5.41) is 14.0. The number of para-hydroxylation sites is 1. The maximum atomic E-state index is 10.6. The van der Waals surface area contributed by atoms with Gasteiger partial charge in [-0.3, -0.25) is 4.99 Å². The summed E-state index contributed by atoms with van der Waals surface area (Å²) in [6.45, 7) is 6.37. The fourth-order valence-corrected chi connectivity index (χ4v) is 3.43. The van der Waals surface area contributed by atoms with Gasteiger partial charge in [0.1, 0.15) is 11.9 Å². The van der Waals surface area contributed by atoms with E-state index in [9.17, 15) is 5.11 Å². The lowest BCUT2D eigenvalue weighted by Gasteiger charge is -2.35. The van der Waals surface area contributed by atoms with Crippen molar-refractivity contribution in [2.45, 2.75) is 44.3 Å².